The van der Waals surface area contributed by atoms with Crippen molar-refractivity contribution in [3.63, 3.8) is 0 Å². The normalized spacial score (nSPS) is 10.3. The lowest BCUT2D eigenvalue weighted by atomic mass is 10.2. The Labute approximate surface area is 118 Å². The monoisotopic (exact) mass is 327 g/mol. The second kappa shape index (κ2) is 6.06. The number of nitrogens with zero attached hydrogens (tertiary/aromatic N) is 1. The van der Waals surface area contributed by atoms with Crippen LogP contribution in [-0.4, -0.2) is 11.0 Å². The molecule has 6 heteroatoms. The van der Waals surface area contributed by atoms with Gasteiger partial charge in [0, 0.05) is 11.0 Å². The number of nitrogens with two attached hydrogens (primary N) is 1. The highest BCUT2D eigenvalue weighted by Crippen LogP contribution is 2.35. The number of halogens is 1. The summed E-state index contributed by atoms with van der Waals surface area (Å²) in [6.07, 6.45) is 0. The van der Waals surface area contributed by atoms with Crippen LogP contribution in [0.2, 0.25) is 0 Å². The Morgan fingerprint density at radius 3 is 2.78 bits per heavy atom. The molecule has 1 aromatic carbocycles. The highest BCUT2D eigenvalue weighted by atomic mass is 79.9. The van der Waals surface area contributed by atoms with Crippen LogP contribution in [0.1, 0.15) is 12.5 Å². The first kappa shape index (κ1) is 13.2. The average Bonchev–Trinajstić information content (AvgIpc) is 2.71. The number of nitrogens with one attached hydrogen (secondary N) is 1. The maximum absolute atomic E-state index is 5.74. The van der Waals surface area contributed by atoms with Crippen molar-refractivity contribution in [2.24, 2.45) is 0 Å². The van der Waals surface area contributed by atoms with Crippen LogP contribution in [0.15, 0.2) is 28.7 Å². The number of aromatic nitrogens is 1. The van der Waals surface area contributed by atoms with Gasteiger partial charge in [-0.1, -0.05) is 28.1 Å². The van der Waals surface area contributed by atoms with Crippen LogP contribution in [0.3, 0.4) is 0 Å². The van der Waals surface area contributed by atoms with Gasteiger partial charge in [-0.2, -0.15) is 4.37 Å². The van der Waals surface area contributed by atoms with Crippen molar-refractivity contribution in [2.75, 3.05) is 17.7 Å². The van der Waals surface area contributed by atoms with E-state index >= 15 is 0 Å². The number of anilines is 2. The summed E-state index contributed by atoms with van der Waals surface area (Å²) in [5.74, 6) is 1.10. The number of benzene rings is 1. The molecule has 0 spiro atoms. The molecule has 0 aliphatic heterocycles. The predicted molar refractivity (Wildman–Crippen MR) is 79.2 cm³/mol. The summed E-state index contributed by atoms with van der Waals surface area (Å²) in [6, 6.07) is 8.15. The van der Waals surface area contributed by atoms with E-state index in [0.29, 0.717) is 18.2 Å². The Morgan fingerprint density at radius 2 is 2.11 bits per heavy atom. The van der Waals surface area contributed by atoms with Crippen molar-refractivity contribution in [1.82, 2.24) is 4.37 Å². The van der Waals surface area contributed by atoms with Gasteiger partial charge in [0.05, 0.1) is 6.61 Å². The van der Waals surface area contributed by atoms with E-state index in [0.717, 1.165) is 16.0 Å². The van der Waals surface area contributed by atoms with Gasteiger partial charge in [-0.3, -0.25) is 0 Å². The molecule has 3 N–H and O–H groups in total. The topological polar surface area (TPSA) is 60.2 Å². The van der Waals surface area contributed by atoms with E-state index in [1.54, 1.807) is 0 Å². The maximum Gasteiger partial charge on any atom is 0.197 e. The summed E-state index contributed by atoms with van der Waals surface area (Å²) >= 11 is 4.73. The average molecular weight is 328 g/mol. The first-order chi connectivity index (χ1) is 8.70. The maximum atomic E-state index is 5.74. The van der Waals surface area contributed by atoms with Crippen molar-refractivity contribution in [2.45, 2.75) is 13.5 Å². The van der Waals surface area contributed by atoms with E-state index in [1.165, 1.54) is 17.1 Å². The predicted octanol–water partition coefficient (Wildman–Crippen LogP) is 3.50. The van der Waals surface area contributed by atoms with Crippen molar-refractivity contribution < 1.29 is 4.74 Å². The first-order valence-corrected chi connectivity index (χ1v) is 7.13. The second-order valence-electron chi connectivity index (χ2n) is 3.64. The van der Waals surface area contributed by atoms with E-state index in [9.17, 15) is 0 Å². The Morgan fingerprint density at radius 1 is 1.39 bits per heavy atom. The van der Waals surface area contributed by atoms with E-state index < -0.39 is 0 Å². The van der Waals surface area contributed by atoms with Crippen molar-refractivity contribution in [3.8, 4) is 5.75 Å². The summed E-state index contributed by atoms with van der Waals surface area (Å²) in [6.45, 7) is 3.22. The lowest BCUT2D eigenvalue weighted by Crippen LogP contribution is -2.01. The SMILES string of the molecule is CCOc1c(N)nsc1NCc1ccc(Br)cc1. The van der Waals surface area contributed by atoms with Gasteiger partial charge in [-0.15, -0.1) is 0 Å². The molecule has 18 heavy (non-hydrogen) atoms. The Kier molecular flexibility index (Phi) is 4.43. The molecule has 2 aromatic rings. The molecule has 0 bridgehead atoms. The summed E-state index contributed by atoms with van der Waals surface area (Å²) in [5.41, 5.74) is 6.93. The summed E-state index contributed by atoms with van der Waals surface area (Å²) in [7, 11) is 0. The smallest absolute Gasteiger partial charge is 0.197 e. The Hall–Kier alpha value is -1.27. The molecule has 0 atom stereocenters. The zero-order valence-corrected chi connectivity index (χ0v) is 12.3. The van der Waals surface area contributed by atoms with Crippen LogP contribution >= 0.6 is 27.5 Å². The fourth-order valence-corrected chi connectivity index (χ4v) is 2.40. The minimum Gasteiger partial charge on any atom is -0.487 e. The van der Waals surface area contributed by atoms with Crippen LogP contribution in [0.4, 0.5) is 10.8 Å². The highest BCUT2D eigenvalue weighted by molar-refractivity contribution is 9.10. The van der Waals surface area contributed by atoms with Crippen molar-refractivity contribution in [3.05, 3.63) is 34.3 Å². The number of hydrogen-bond donors (Lipinski definition) is 2. The Balaban J connectivity index is 2.03. The van der Waals surface area contributed by atoms with Crippen LogP contribution in [0, 0.1) is 0 Å². The molecule has 0 aliphatic carbocycles. The summed E-state index contributed by atoms with van der Waals surface area (Å²) in [4.78, 5) is 0. The minimum absolute atomic E-state index is 0.445. The second-order valence-corrected chi connectivity index (χ2v) is 5.33. The first-order valence-electron chi connectivity index (χ1n) is 5.57. The Bertz CT molecular complexity index is 513. The summed E-state index contributed by atoms with van der Waals surface area (Å²) < 4.78 is 10.6. The van der Waals surface area contributed by atoms with Gasteiger partial charge in [0.1, 0.15) is 0 Å². The van der Waals surface area contributed by atoms with E-state index in [1.807, 2.05) is 19.1 Å². The standard InChI is InChI=1S/C12H14BrN3OS/c1-2-17-10-11(14)16-18-12(10)15-7-8-3-5-9(13)6-4-8/h3-6,15H,2,7H2,1H3,(H2,14,16). The minimum atomic E-state index is 0.445. The molecule has 0 radical (unpaired) electrons. The zero-order valence-electron chi connectivity index (χ0n) is 9.94. The molecule has 0 unspecified atom stereocenters. The van der Waals surface area contributed by atoms with Crippen LogP contribution in [0.25, 0.3) is 0 Å². The molecule has 2 rings (SSSR count). The highest BCUT2D eigenvalue weighted by Gasteiger charge is 2.11. The van der Waals surface area contributed by atoms with Gasteiger partial charge >= 0.3 is 0 Å². The molecule has 1 aromatic heterocycles. The van der Waals surface area contributed by atoms with E-state index in [2.05, 4.69) is 37.8 Å². The third-order valence-corrected chi connectivity index (χ3v) is 3.66. The molecular weight excluding hydrogens is 314 g/mol. The van der Waals surface area contributed by atoms with Crippen molar-refractivity contribution >= 4 is 38.3 Å². The molecule has 0 saturated heterocycles. The summed E-state index contributed by atoms with van der Waals surface area (Å²) in [5, 5.41) is 4.16. The number of rotatable bonds is 5. The number of nitrogen functional groups attached to an aromatic ring is 1. The van der Waals surface area contributed by atoms with Crippen LogP contribution in [0.5, 0.6) is 5.75 Å². The van der Waals surface area contributed by atoms with Gasteiger partial charge in [0.25, 0.3) is 0 Å². The fourth-order valence-electron chi connectivity index (χ4n) is 1.48. The largest absolute Gasteiger partial charge is 0.487 e. The van der Waals surface area contributed by atoms with Crippen molar-refractivity contribution in [1.29, 1.82) is 0 Å². The molecule has 0 amide bonds. The van der Waals surface area contributed by atoms with Gasteiger partial charge in [-0.25, -0.2) is 0 Å². The number of hydrogen-bond acceptors (Lipinski definition) is 5. The van der Waals surface area contributed by atoms with Crippen LogP contribution in [-0.2, 0) is 6.54 Å². The van der Waals surface area contributed by atoms with Gasteiger partial charge in [0.2, 0.25) is 0 Å². The number of ether oxygens (including phenoxy) is 1. The lowest BCUT2D eigenvalue weighted by molar-refractivity contribution is 0.344. The quantitative estimate of drug-likeness (QED) is 0.882. The fraction of sp³-hybridized carbons (Fsp3) is 0.250. The zero-order chi connectivity index (χ0) is 13.0. The van der Waals surface area contributed by atoms with E-state index in [-0.39, 0.29) is 0 Å². The van der Waals surface area contributed by atoms with Gasteiger partial charge in [-0.05, 0) is 36.2 Å². The molecule has 96 valence electrons. The lowest BCUT2D eigenvalue weighted by Gasteiger charge is -2.07. The van der Waals surface area contributed by atoms with Crippen LogP contribution < -0.4 is 15.8 Å². The molecular formula is C12H14BrN3OS. The third-order valence-electron chi connectivity index (χ3n) is 2.33. The molecule has 0 saturated carbocycles. The van der Waals surface area contributed by atoms with Gasteiger partial charge in [0.15, 0.2) is 16.6 Å². The third kappa shape index (κ3) is 3.14. The molecule has 4 nitrogen and oxygen atoms in total. The molecule has 1 heterocycles. The molecule has 0 aliphatic rings. The van der Waals surface area contributed by atoms with E-state index in [4.69, 9.17) is 10.5 Å². The molecule has 0 fully saturated rings. The van der Waals surface area contributed by atoms with Gasteiger partial charge < -0.3 is 15.8 Å².